The second-order valence-corrected chi connectivity index (χ2v) is 12.8. The molecule has 4 unspecified atom stereocenters. The lowest BCUT2D eigenvalue weighted by molar-refractivity contribution is -0.139. The van der Waals surface area contributed by atoms with E-state index in [9.17, 15) is 4.79 Å². The Hall–Kier alpha value is -1.39. The van der Waals surface area contributed by atoms with Crippen molar-refractivity contribution in [3.05, 3.63) is 35.9 Å². The van der Waals surface area contributed by atoms with Crippen molar-refractivity contribution in [2.24, 2.45) is 22.7 Å². The van der Waals surface area contributed by atoms with Crippen molar-refractivity contribution in [3.8, 4) is 0 Å². The number of carbonyl (C=O) groups excluding carboxylic acids is 1. The molecular formula is C30H48N2O2. The number of nitrogens with zero attached hydrogens (tertiary/aromatic N) is 1. The summed E-state index contributed by atoms with van der Waals surface area (Å²) in [7, 11) is 0. The minimum absolute atomic E-state index is 0.0482. The third-order valence-electron chi connectivity index (χ3n) is 9.07. The van der Waals surface area contributed by atoms with Crippen LogP contribution in [0.15, 0.2) is 30.3 Å². The molecule has 2 bridgehead atoms. The number of hydrogen-bond donors (Lipinski definition) is 1. The van der Waals surface area contributed by atoms with Gasteiger partial charge >= 0.3 is 0 Å². The van der Waals surface area contributed by atoms with Crippen molar-refractivity contribution in [1.29, 1.82) is 0 Å². The van der Waals surface area contributed by atoms with Gasteiger partial charge in [0.15, 0.2) is 0 Å². The second-order valence-electron chi connectivity index (χ2n) is 12.8. The van der Waals surface area contributed by atoms with Gasteiger partial charge in [0, 0.05) is 24.6 Å². The van der Waals surface area contributed by atoms with Crippen molar-refractivity contribution < 1.29 is 9.53 Å². The lowest BCUT2D eigenvalue weighted by atomic mass is 9.47. The van der Waals surface area contributed by atoms with E-state index in [1.54, 1.807) is 0 Å². The lowest BCUT2D eigenvalue weighted by Crippen LogP contribution is -2.56. The molecule has 4 nitrogen and oxygen atoms in total. The number of ether oxygens (including phenoxy) is 1. The summed E-state index contributed by atoms with van der Waals surface area (Å²) in [5, 5.41) is 3.46. The molecule has 1 amide bonds. The first-order chi connectivity index (χ1) is 16.2. The minimum Gasteiger partial charge on any atom is -0.381 e. The quantitative estimate of drug-likeness (QED) is 0.524. The average molecular weight is 469 g/mol. The summed E-state index contributed by atoms with van der Waals surface area (Å²) in [6.07, 6.45) is 7.94. The molecule has 0 spiro atoms. The molecule has 2 aliphatic carbocycles. The van der Waals surface area contributed by atoms with Crippen LogP contribution in [-0.4, -0.2) is 49.7 Å². The van der Waals surface area contributed by atoms with Crippen LogP contribution in [0.2, 0.25) is 0 Å². The zero-order valence-electron chi connectivity index (χ0n) is 22.4. The molecule has 1 saturated heterocycles. The number of benzene rings is 1. The van der Waals surface area contributed by atoms with Gasteiger partial charge in [-0.25, -0.2) is 0 Å². The first kappa shape index (κ1) is 25.7. The van der Waals surface area contributed by atoms with Gasteiger partial charge in [-0.3, -0.25) is 4.79 Å². The highest BCUT2D eigenvalue weighted by Gasteiger charge is 2.56. The Morgan fingerprint density at radius 3 is 2.50 bits per heavy atom. The molecule has 34 heavy (non-hydrogen) atoms. The van der Waals surface area contributed by atoms with Gasteiger partial charge in [0.25, 0.3) is 0 Å². The molecule has 2 saturated carbocycles. The molecule has 1 aromatic rings. The number of amides is 1. The topological polar surface area (TPSA) is 41.6 Å². The van der Waals surface area contributed by atoms with Gasteiger partial charge < -0.3 is 15.0 Å². The number of piperidine rings is 1. The van der Waals surface area contributed by atoms with Crippen LogP contribution in [-0.2, 0) is 14.9 Å². The molecule has 1 aliphatic heterocycles. The molecule has 3 fully saturated rings. The van der Waals surface area contributed by atoms with Crippen molar-refractivity contribution >= 4 is 5.91 Å². The lowest BCUT2D eigenvalue weighted by Gasteiger charge is -2.57. The smallest absolute Gasteiger partial charge is 0.226 e. The van der Waals surface area contributed by atoms with Crippen LogP contribution in [0.5, 0.6) is 0 Å². The van der Waals surface area contributed by atoms with E-state index in [2.05, 4.69) is 75.2 Å². The third kappa shape index (κ3) is 5.70. The van der Waals surface area contributed by atoms with E-state index >= 15 is 0 Å². The molecule has 0 radical (unpaired) electrons. The Bertz CT molecular complexity index is 820. The normalized spacial score (nSPS) is 35.6. The summed E-state index contributed by atoms with van der Waals surface area (Å²) in [4.78, 5) is 16.3. The molecule has 1 aromatic carbocycles. The van der Waals surface area contributed by atoms with Crippen molar-refractivity contribution in [2.45, 2.75) is 91.0 Å². The molecule has 3 aliphatic rings. The average Bonchev–Trinajstić information content (AvgIpc) is 2.79. The van der Waals surface area contributed by atoms with Crippen LogP contribution in [0.1, 0.15) is 85.1 Å². The SMILES string of the molecule is CCOC[C@@]1(C)CC2CC(C)(C(=O)NC(C)CN3CCC(C)CC3)CC(c3ccccc3)(C2)C1. The number of nitrogens with one attached hydrogen (secondary N) is 1. The van der Waals surface area contributed by atoms with E-state index in [4.69, 9.17) is 4.74 Å². The van der Waals surface area contributed by atoms with Crippen molar-refractivity contribution in [3.63, 3.8) is 0 Å². The van der Waals surface area contributed by atoms with Gasteiger partial charge in [0.2, 0.25) is 5.91 Å². The van der Waals surface area contributed by atoms with Crippen LogP contribution in [0.3, 0.4) is 0 Å². The van der Waals surface area contributed by atoms with Crippen LogP contribution < -0.4 is 5.32 Å². The fourth-order valence-corrected chi connectivity index (χ4v) is 7.84. The second kappa shape index (κ2) is 10.3. The van der Waals surface area contributed by atoms with Gasteiger partial charge in [0.05, 0.1) is 6.61 Å². The first-order valence-electron chi connectivity index (χ1n) is 13.8. The standard InChI is InChI=1S/C30H48N2O2/c1-6-34-22-28(4)16-25-17-29(5,21-30(18-25,20-28)26-10-8-7-9-11-26)27(33)31-24(3)19-32-14-12-23(2)13-15-32/h7-11,23-25H,6,12-22H2,1-5H3,(H,31,33)/t24?,25?,28-,29?,30?/m0/s1. The maximum absolute atomic E-state index is 13.8. The first-order valence-corrected chi connectivity index (χ1v) is 13.8. The molecule has 1 heterocycles. The number of carbonyl (C=O) groups is 1. The highest BCUT2D eigenvalue weighted by atomic mass is 16.5. The Morgan fingerprint density at radius 2 is 1.82 bits per heavy atom. The number of fused-ring (bicyclic) bond motifs is 2. The van der Waals surface area contributed by atoms with Crippen molar-refractivity contribution in [2.75, 3.05) is 32.8 Å². The zero-order chi connectivity index (χ0) is 24.4. The number of hydrogen-bond acceptors (Lipinski definition) is 3. The van der Waals surface area contributed by atoms with Gasteiger partial charge in [0.1, 0.15) is 0 Å². The zero-order valence-corrected chi connectivity index (χ0v) is 22.4. The third-order valence-corrected chi connectivity index (χ3v) is 9.07. The number of rotatable bonds is 8. The summed E-state index contributed by atoms with van der Waals surface area (Å²) in [6, 6.07) is 11.2. The summed E-state index contributed by atoms with van der Waals surface area (Å²) >= 11 is 0. The monoisotopic (exact) mass is 468 g/mol. The van der Waals surface area contributed by atoms with E-state index in [0.29, 0.717) is 5.92 Å². The van der Waals surface area contributed by atoms with E-state index in [0.717, 1.165) is 64.4 Å². The fourth-order valence-electron chi connectivity index (χ4n) is 7.84. The van der Waals surface area contributed by atoms with Crippen molar-refractivity contribution in [1.82, 2.24) is 10.2 Å². The minimum atomic E-state index is -0.323. The number of likely N-dealkylation sites (tertiary alicyclic amines) is 1. The molecule has 1 N–H and O–H groups in total. The van der Waals surface area contributed by atoms with Crippen LogP contribution in [0.4, 0.5) is 0 Å². The molecule has 0 aromatic heterocycles. The highest BCUT2D eigenvalue weighted by Crippen LogP contribution is 2.61. The maximum atomic E-state index is 13.8. The largest absolute Gasteiger partial charge is 0.381 e. The van der Waals surface area contributed by atoms with E-state index < -0.39 is 0 Å². The van der Waals surface area contributed by atoms with Crippen LogP contribution in [0, 0.1) is 22.7 Å². The predicted octanol–water partition coefficient (Wildman–Crippen LogP) is 5.80. The van der Waals surface area contributed by atoms with Gasteiger partial charge in [-0.1, -0.05) is 51.1 Å². The Kier molecular flexibility index (Phi) is 7.79. The van der Waals surface area contributed by atoms with Gasteiger partial charge in [-0.05, 0) is 100 Å². The molecule has 190 valence electrons. The summed E-state index contributed by atoms with van der Waals surface area (Å²) in [6.45, 7) is 16.2. The van der Waals surface area contributed by atoms with Crippen LogP contribution >= 0.6 is 0 Å². The molecule has 5 atom stereocenters. The van der Waals surface area contributed by atoms with Gasteiger partial charge in [-0.2, -0.15) is 0 Å². The summed E-state index contributed by atoms with van der Waals surface area (Å²) in [5.41, 5.74) is 1.31. The highest BCUT2D eigenvalue weighted by molar-refractivity contribution is 5.83. The molecule has 4 rings (SSSR count). The van der Waals surface area contributed by atoms with E-state index in [1.807, 2.05) is 0 Å². The Morgan fingerprint density at radius 1 is 1.12 bits per heavy atom. The van der Waals surface area contributed by atoms with Gasteiger partial charge in [-0.15, -0.1) is 0 Å². The van der Waals surface area contributed by atoms with E-state index in [-0.39, 0.29) is 28.2 Å². The summed E-state index contributed by atoms with van der Waals surface area (Å²) in [5.74, 6) is 1.66. The maximum Gasteiger partial charge on any atom is 0.226 e. The Labute approximate surface area is 208 Å². The predicted molar refractivity (Wildman–Crippen MR) is 140 cm³/mol. The van der Waals surface area contributed by atoms with E-state index in [1.165, 1.54) is 24.8 Å². The fraction of sp³-hybridized carbons (Fsp3) is 0.767. The molecule has 4 heteroatoms. The van der Waals surface area contributed by atoms with Crippen LogP contribution in [0.25, 0.3) is 0 Å². The Balaban J connectivity index is 1.50. The molecular weight excluding hydrogens is 420 g/mol. The summed E-state index contributed by atoms with van der Waals surface area (Å²) < 4.78 is 5.97.